The first kappa shape index (κ1) is 13.5. The number of hydrogen-bond acceptors (Lipinski definition) is 3. The van der Waals surface area contributed by atoms with Gasteiger partial charge in [0.05, 0.1) is 11.5 Å². The van der Waals surface area contributed by atoms with Crippen molar-refractivity contribution in [2.45, 2.75) is 30.7 Å². The summed E-state index contributed by atoms with van der Waals surface area (Å²) in [5, 5.41) is 8.97. The molecule has 0 heterocycles. The number of nitrogens with zero attached hydrogens (tertiary/aromatic N) is 1. The number of halogens is 1. The molecule has 0 spiro atoms. The van der Waals surface area contributed by atoms with E-state index in [9.17, 15) is 12.8 Å². The second kappa shape index (κ2) is 4.95. The highest BCUT2D eigenvalue weighted by Gasteiger charge is 2.38. The predicted molar refractivity (Wildman–Crippen MR) is 65.1 cm³/mol. The monoisotopic (exact) mass is 273 g/mol. The Labute approximate surface area is 106 Å². The molecule has 0 atom stereocenters. The normalized spacial score (nSPS) is 16.2. The minimum Gasteiger partial charge on any atom is -0.395 e. The lowest BCUT2D eigenvalue weighted by molar-refractivity contribution is 0.250. The molecule has 0 radical (unpaired) electrons. The summed E-state index contributed by atoms with van der Waals surface area (Å²) in [4.78, 5) is 0.115. The van der Waals surface area contributed by atoms with Crippen molar-refractivity contribution in [1.82, 2.24) is 4.31 Å². The second-order valence-corrected chi connectivity index (χ2v) is 6.34. The Balaban J connectivity index is 2.39. The van der Waals surface area contributed by atoms with Gasteiger partial charge in [0.1, 0.15) is 5.82 Å². The van der Waals surface area contributed by atoms with Crippen LogP contribution in [0.4, 0.5) is 4.39 Å². The highest BCUT2D eigenvalue weighted by atomic mass is 32.2. The van der Waals surface area contributed by atoms with E-state index in [1.807, 2.05) is 0 Å². The van der Waals surface area contributed by atoms with Gasteiger partial charge in [0.25, 0.3) is 0 Å². The summed E-state index contributed by atoms with van der Waals surface area (Å²) < 4.78 is 39.2. The van der Waals surface area contributed by atoms with Crippen LogP contribution in [0, 0.1) is 12.7 Å². The molecule has 0 unspecified atom stereocenters. The van der Waals surface area contributed by atoms with Crippen LogP contribution >= 0.6 is 0 Å². The molecule has 1 fully saturated rings. The van der Waals surface area contributed by atoms with Gasteiger partial charge < -0.3 is 5.11 Å². The highest BCUT2D eigenvalue weighted by molar-refractivity contribution is 7.89. The van der Waals surface area contributed by atoms with Crippen molar-refractivity contribution in [2.24, 2.45) is 0 Å². The van der Waals surface area contributed by atoms with Gasteiger partial charge in [-0.2, -0.15) is 4.31 Å². The molecule has 0 saturated heterocycles. The molecule has 0 amide bonds. The minimum absolute atomic E-state index is 0.0217. The third-order valence-electron chi connectivity index (χ3n) is 3.00. The Morgan fingerprint density at radius 3 is 2.61 bits per heavy atom. The fourth-order valence-corrected chi connectivity index (χ4v) is 3.87. The van der Waals surface area contributed by atoms with Crippen molar-refractivity contribution in [3.8, 4) is 0 Å². The highest BCUT2D eigenvalue weighted by Crippen LogP contribution is 2.32. The third kappa shape index (κ3) is 2.55. The van der Waals surface area contributed by atoms with Gasteiger partial charge in [-0.3, -0.25) is 0 Å². The van der Waals surface area contributed by atoms with Crippen LogP contribution in [0.2, 0.25) is 0 Å². The van der Waals surface area contributed by atoms with E-state index in [1.165, 1.54) is 16.4 Å². The molecule has 0 aliphatic heterocycles. The van der Waals surface area contributed by atoms with Crippen LogP contribution in [0.5, 0.6) is 0 Å². The molecule has 4 nitrogen and oxygen atoms in total. The standard InChI is InChI=1S/C12H16FNO3S/c1-9-8-10(13)2-5-12(9)18(16,17)14(6-7-15)11-3-4-11/h2,5,8,11,15H,3-4,6-7H2,1H3. The molecule has 1 aromatic rings. The molecule has 1 N–H and O–H groups in total. The Hall–Kier alpha value is -0.980. The van der Waals surface area contributed by atoms with E-state index in [2.05, 4.69) is 0 Å². The molecular formula is C12H16FNO3S. The van der Waals surface area contributed by atoms with E-state index < -0.39 is 15.8 Å². The maximum absolute atomic E-state index is 13.0. The summed E-state index contributed by atoms with van der Waals surface area (Å²) in [6.45, 7) is 1.44. The van der Waals surface area contributed by atoms with E-state index in [-0.39, 0.29) is 24.1 Å². The summed E-state index contributed by atoms with van der Waals surface area (Å²) in [5.74, 6) is -0.452. The molecule has 0 bridgehead atoms. The lowest BCUT2D eigenvalue weighted by atomic mass is 10.2. The lowest BCUT2D eigenvalue weighted by Gasteiger charge is -2.21. The molecule has 2 rings (SSSR count). The van der Waals surface area contributed by atoms with Gasteiger partial charge in [0.15, 0.2) is 0 Å². The van der Waals surface area contributed by atoms with E-state index in [1.54, 1.807) is 6.92 Å². The Morgan fingerprint density at radius 1 is 1.44 bits per heavy atom. The SMILES string of the molecule is Cc1cc(F)ccc1S(=O)(=O)N(CCO)C1CC1. The fourth-order valence-electron chi connectivity index (χ4n) is 1.99. The van der Waals surface area contributed by atoms with Crippen molar-refractivity contribution < 1.29 is 17.9 Å². The summed E-state index contributed by atoms with van der Waals surface area (Å²) in [5.41, 5.74) is 0.388. The van der Waals surface area contributed by atoms with Gasteiger partial charge in [-0.15, -0.1) is 0 Å². The Bertz CT molecular complexity index is 540. The van der Waals surface area contributed by atoms with Crippen molar-refractivity contribution in [2.75, 3.05) is 13.2 Å². The summed E-state index contributed by atoms with van der Waals surface area (Å²) >= 11 is 0. The molecule has 0 aromatic heterocycles. The molecule has 100 valence electrons. The van der Waals surface area contributed by atoms with Crippen LogP contribution in [0.3, 0.4) is 0 Å². The van der Waals surface area contributed by atoms with E-state index in [0.29, 0.717) is 5.56 Å². The maximum Gasteiger partial charge on any atom is 0.243 e. The Morgan fingerprint density at radius 2 is 2.11 bits per heavy atom. The quantitative estimate of drug-likeness (QED) is 0.879. The zero-order valence-electron chi connectivity index (χ0n) is 10.1. The topological polar surface area (TPSA) is 57.6 Å². The first-order chi connectivity index (χ1) is 8.46. The van der Waals surface area contributed by atoms with Crippen LogP contribution in [0.25, 0.3) is 0 Å². The van der Waals surface area contributed by atoms with Crippen LogP contribution in [0.15, 0.2) is 23.1 Å². The summed E-state index contributed by atoms with van der Waals surface area (Å²) in [6, 6.07) is 3.61. The van der Waals surface area contributed by atoms with Crippen LogP contribution in [-0.2, 0) is 10.0 Å². The number of aliphatic hydroxyl groups excluding tert-OH is 1. The zero-order chi connectivity index (χ0) is 13.3. The number of aryl methyl sites for hydroxylation is 1. The molecule has 18 heavy (non-hydrogen) atoms. The van der Waals surface area contributed by atoms with Crippen molar-refractivity contribution >= 4 is 10.0 Å². The van der Waals surface area contributed by atoms with Gasteiger partial charge in [0.2, 0.25) is 10.0 Å². The average Bonchev–Trinajstić information content (AvgIpc) is 3.08. The third-order valence-corrected chi connectivity index (χ3v) is 5.11. The van der Waals surface area contributed by atoms with Crippen LogP contribution < -0.4 is 0 Å². The smallest absolute Gasteiger partial charge is 0.243 e. The number of benzene rings is 1. The van der Waals surface area contributed by atoms with Crippen molar-refractivity contribution in [1.29, 1.82) is 0 Å². The van der Waals surface area contributed by atoms with E-state index >= 15 is 0 Å². The number of aliphatic hydroxyl groups is 1. The van der Waals surface area contributed by atoms with E-state index in [0.717, 1.165) is 18.9 Å². The molecule has 6 heteroatoms. The van der Waals surface area contributed by atoms with Gasteiger partial charge in [0, 0.05) is 12.6 Å². The summed E-state index contributed by atoms with van der Waals surface area (Å²) in [7, 11) is -3.64. The summed E-state index contributed by atoms with van der Waals surface area (Å²) in [6.07, 6.45) is 1.64. The average molecular weight is 273 g/mol. The largest absolute Gasteiger partial charge is 0.395 e. The first-order valence-corrected chi connectivity index (χ1v) is 7.29. The number of sulfonamides is 1. The molecular weight excluding hydrogens is 257 g/mol. The molecule has 1 aromatic carbocycles. The lowest BCUT2D eigenvalue weighted by Crippen LogP contribution is -2.35. The van der Waals surface area contributed by atoms with E-state index in [4.69, 9.17) is 5.11 Å². The van der Waals surface area contributed by atoms with Crippen molar-refractivity contribution in [3.63, 3.8) is 0 Å². The van der Waals surface area contributed by atoms with Gasteiger partial charge in [-0.1, -0.05) is 0 Å². The van der Waals surface area contributed by atoms with Crippen LogP contribution in [0.1, 0.15) is 18.4 Å². The van der Waals surface area contributed by atoms with Gasteiger partial charge in [-0.05, 0) is 43.5 Å². The van der Waals surface area contributed by atoms with Crippen molar-refractivity contribution in [3.05, 3.63) is 29.6 Å². The minimum atomic E-state index is -3.64. The zero-order valence-corrected chi connectivity index (χ0v) is 11.0. The number of rotatable bonds is 5. The Kier molecular flexibility index (Phi) is 3.70. The van der Waals surface area contributed by atoms with Gasteiger partial charge in [-0.25, -0.2) is 12.8 Å². The van der Waals surface area contributed by atoms with Crippen LogP contribution in [-0.4, -0.2) is 37.0 Å². The first-order valence-electron chi connectivity index (χ1n) is 5.85. The molecule has 1 aliphatic carbocycles. The second-order valence-electron chi connectivity index (χ2n) is 4.48. The fraction of sp³-hybridized carbons (Fsp3) is 0.500. The molecule has 1 saturated carbocycles. The van der Waals surface area contributed by atoms with Gasteiger partial charge >= 0.3 is 0 Å². The molecule has 1 aliphatic rings. The predicted octanol–water partition coefficient (Wildman–Crippen LogP) is 1.28. The maximum atomic E-state index is 13.0. The number of hydrogen-bond donors (Lipinski definition) is 1.